The molecule has 0 radical (unpaired) electrons. The van der Waals surface area contributed by atoms with Gasteiger partial charge < -0.3 is 10.1 Å². The Morgan fingerprint density at radius 2 is 1.43 bits per heavy atom. The topological polar surface area (TPSA) is 55.4 Å². The molecule has 0 atom stereocenters. The third kappa shape index (κ3) is 5.00. The number of esters is 1. The molecule has 0 aromatic heterocycles. The molecule has 2 rings (SSSR count). The van der Waals surface area contributed by atoms with Crippen LogP contribution in [0.1, 0.15) is 70.1 Å². The average Bonchev–Trinajstić information content (AvgIpc) is 2.66. The van der Waals surface area contributed by atoms with Gasteiger partial charge in [0.05, 0.1) is 5.41 Å². The Hall–Kier alpha value is -2.62. The number of hydrogen-bond donors (Lipinski definition) is 1. The van der Waals surface area contributed by atoms with Gasteiger partial charge in [-0.3, -0.25) is 9.59 Å². The Balaban J connectivity index is 2.10. The predicted molar refractivity (Wildman–Crippen MR) is 114 cm³/mol. The fourth-order valence-corrected chi connectivity index (χ4v) is 3.16. The molecule has 0 saturated heterocycles. The van der Waals surface area contributed by atoms with Crippen molar-refractivity contribution in [3.05, 3.63) is 65.2 Å². The van der Waals surface area contributed by atoms with E-state index < -0.39 is 11.4 Å². The van der Waals surface area contributed by atoms with E-state index in [4.69, 9.17) is 4.74 Å². The summed E-state index contributed by atoms with van der Waals surface area (Å²) < 4.78 is 5.34. The summed E-state index contributed by atoms with van der Waals surface area (Å²) in [6.07, 6.45) is 0. The number of carbonyl (C=O) groups excluding carboxylic acids is 2. The number of amides is 1. The van der Waals surface area contributed by atoms with Gasteiger partial charge in [-0.1, -0.05) is 76.2 Å². The standard InChI is InChI=1S/C24H31NO3/c1-16(2)19-13-10-14-20(17(3)4)22(19)25-21(26)15-28-23(27)24(5,6)18-11-8-7-9-12-18/h7-14,16-17H,15H2,1-6H3,(H,25,26). The Morgan fingerprint density at radius 1 is 0.893 bits per heavy atom. The van der Waals surface area contributed by atoms with Crippen LogP contribution in [0.3, 0.4) is 0 Å². The summed E-state index contributed by atoms with van der Waals surface area (Å²) in [4.78, 5) is 25.1. The molecule has 0 aliphatic heterocycles. The van der Waals surface area contributed by atoms with Crippen LogP contribution in [-0.2, 0) is 19.7 Å². The number of nitrogens with one attached hydrogen (secondary N) is 1. The second kappa shape index (κ2) is 9.05. The van der Waals surface area contributed by atoms with Crippen LogP contribution >= 0.6 is 0 Å². The van der Waals surface area contributed by atoms with Crippen molar-refractivity contribution >= 4 is 17.6 Å². The van der Waals surface area contributed by atoms with Gasteiger partial charge in [0.1, 0.15) is 0 Å². The number of hydrogen-bond acceptors (Lipinski definition) is 3. The van der Waals surface area contributed by atoms with E-state index >= 15 is 0 Å². The second-order valence-electron chi connectivity index (χ2n) is 8.24. The monoisotopic (exact) mass is 381 g/mol. The van der Waals surface area contributed by atoms with Gasteiger partial charge in [-0.2, -0.15) is 0 Å². The van der Waals surface area contributed by atoms with Crippen molar-refractivity contribution in [3.63, 3.8) is 0 Å². The van der Waals surface area contributed by atoms with Gasteiger partial charge in [-0.05, 0) is 42.4 Å². The summed E-state index contributed by atoms with van der Waals surface area (Å²) in [6, 6.07) is 15.5. The first kappa shape index (κ1) is 21.7. The number of rotatable bonds is 7. The highest BCUT2D eigenvalue weighted by Crippen LogP contribution is 2.32. The second-order valence-corrected chi connectivity index (χ2v) is 8.24. The summed E-state index contributed by atoms with van der Waals surface area (Å²) >= 11 is 0. The zero-order valence-corrected chi connectivity index (χ0v) is 17.7. The molecule has 28 heavy (non-hydrogen) atoms. The molecule has 1 amide bonds. The summed E-state index contributed by atoms with van der Waals surface area (Å²) in [5.41, 5.74) is 3.02. The summed E-state index contributed by atoms with van der Waals surface area (Å²) in [7, 11) is 0. The Labute approximate surface area is 168 Å². The molecule has 2 aromatic rings. The minimum atomic E-state index is -0.819. The van der Waals surface area contributed by atoms with Crippen molar-refractivity contribution in [2.75, 3.05) is 11.9 Å². The molecule has 2 aromatic carbocycles. The van der Waals surface area contributed by atoms with Crippen molar-refractivity contribution in [1.82, 2.24) is 0 Å². The van der Waals surface area contributed by atoms with E-state index in [9.17, 15) is 9.59 Å². The minimum absolute atomic E-state index is 0.272. The maximum atomic E-state index is 12.6. The van der Waals surface area contributed by atoms with Crippen LogP contribution < -0.4 is 5.32 Å². The number of para-hydroxylation sites is 1. The van der Waals surface area contributed by atoms with Crippen molar-refractivity contribution in [3.8, 4) is 0 Å². The van der Waals surface area contributed by atoms with E-state index in [0.29, 0.717) is 0 Å². The normalized spacial score (nSPS) is 11.6. The maximum Gasteiger partial charge on any atom is 0.316 e. The molecule has 0 fully saturated rings. The lowest BCUT2D eigenvalue weighted by Crippen LogP contribution is -2.33. The summed E-state index contributed by atoms with van der Waals surface area (Å²) in [5, 5.41) is 2.97. The fraction of sp³-hybridized carbons (Fsp3) is 0.417. The van der Waals surface area contributed by atoms with Crippen molar-refractivity contribution in [1.29, 1.82) is 0 Å². The van der Waals surface area contributed by atoms with Crippen LogP contribution in [0.5, 0.6) is 0 Å². The van der Waals surface area contributed by atoms with Crippen LogP contribution in [0.15, 0.2) is 48.5 Å². The molecular formula is C24H31NO3. The number of carbonyl (C=O) groups is 2. The Morgan fingerprint density at radius 3 is 1.93 bits per heavy atom. The minimum Gasteiger partial charge on any atom is -0.455 e. The third-order valence-corrected chi connectivity index (χ3v) is 4.98. The highest BCUT2D eigenvalue weighted by molar-refractivity contribution is 5.95. The van der Waals surface area contributed by atoms with Gasteiger partial charge in [-0.25, -0.2) is 0 Å². The number of ether oxygens (including phenoxy) is 1. The van der Waals surface area contributed by atoms with E-state index in [1.54, 1.807) is 13.8 Å². The maximum absolute atomic E-state index is 12.6. The first-order valence-corrected chi connectivity index (χ1v) is 9.80. The van der Waals surface area contributed by atoms with Crippen LogP contribution in [0.4, 0.5) is 5.69 Å². The molecule has 0 heterocycles. The van der Waals surface area contributed by atoms with E-state index in [0.717, 1.165) is 22.4 Å². The summed E-state index contributed by atoms with van der Waals surface area (Å²) in [5.74, 6) is -0.204. The molecule has 0 spiro atoms. The lowest BCUT2D eigenvalue weighted by atomic mass is 9.85. The molecule has 4 heteroatoms. The molecular weight excluding hydrogens is 350 g/mol. The van der Waals surface area contributed by atoms with E-state index in [2.05, 4.69) is 33.0 Å². The van der Waals surface area contributed by atoms with Crippen LogP contribution in [0.2, 0.25) is 0 Å². The smallest absolute Gasteiger partial charge is 0.316 e. The molecule has 0 aliphatic rings. The predicted octanol–water partition coefficient (Wildman–Crippen LogP) is 5.39. The number of benzene rings is 2. The molecule has 0 saturated carbocycles. The summed E-state index contributed by atoms with van der Waals surface area (Å²) in [6.45, 7) is 11.7. The van der Waals surface area contributed by atoms with Crippen molar-refractivity contribution in [2.24, 2.45) is 0 Å². The fourth-order valence-electron chi connectivity index (χ4n) is 3.16. The molecule has 150 valence electrons. The van der Waals surface area contributed by atoms with Crippen LogP contribution in [-0.4, -0.2) is 18.5 Å². The van der Waals surface area contributed by atoms with Crippen molar-refractivity contribution < 1.29 is 14.3 Å². The average molecular weight is 382 g/mol. The molecule has 0 unspecified atom stereocenters. The molecule has 0 aliphatic carbocycles. The lowest BCUT2D eigenvalue weighted by Gasteiger charge is -2.23. The van der Waals surface area contributed by atoms with Crippen LogP contribution in [0.25, 0.3) is 0 Å². The SMILES string of the molecule is CC(C)c1cccc(C(C)C)c1NC(=O)COC(=O)C(C)(C)c1ccccc1. The highest BCUT2D eigenvalue weighted by atomic mass is 16.5. The molecule has 4 nitrogen and oxygen atoms in total. The van der Waals surface area contributed by atoms with E-state index in [-0.39, 0.29) is 24.3 Å². The van der Waals surface area contributed by atoms with Gasteiger partial charge in [-0.15, -0.1) is 0 Å². The largest absolute Gasteiger partial charge is 0.455 e. The van der Waals surface area contributed by atoms with Gasteiger partial charge in [0.25, 0.3) is 5.91 Å². The zero-order valence-electron chi connectivity index (χ0n) is 17.7. The van der Waals surface area contributed by atoms with Gasteiger partial charge >= 0.3 is 5.97 Å². The molecule has 0 bridgehead atoms. The lowest BCUT2D eigenvalue weighted by molar-refractivity contribution is -0.152. The van der Waals surface area contributed by atoms with Crippen molar-refractivity contribution in [2.45, 2.75) is 58.8 Å². The van der Waals surface area contributed by atoms with Gasteiger partial charge in [0.2, 0.25) is 0 Å². The highest BCUT2D eigenvalue weighted by Gasteiger charge is 2.31. The quantitative estimate of drug-likeness (QED) is 0.654. The van der Waals surface area contributed by atoms with Gasteiger partial charge in [0.15, 0.2) is 6.61 Å². The first-order valence-electron chi connectivity index (χ1n) is 9.80. The third-order valence-electron chi connectivity index (χ3n) is 4.98. The Kier molecular flexibility index (Phi) is 7.00. The zero-order chi connectivity index (χ0) is 20.9. The van der Waals surface area contributed by atoms with E-state index in [1.807, 2.05) is 48.5 Å². The number of anilines is 1. The van der Waals surface area contributed by atoms with E-state index in [1.165, 1.54) is 0 Å². The van der Waals surface area contributed by atoms with Gasteiger partial charge in [0, 0.05) is 5.69 Å². The first-order chi connectivity index (χ1) is 13.1. The van der Waals surface area contributed by atoms with Crippen LogP contribution in [0, 0.1) is 0 Å². The Bertz CT molecular complexity index is 797. The molecule has 1 N–H and O–H groups in total.